The first kappa shape index (κ1) is 43.6. The SMILES string of the molecule is CC(=O)[O-].CC(=O)[O-].CC(C)(C)c1cc(-c2ccccc2)cc(C=Nc2cccc(N=Cc3cc(-c4ccccc4)cc(C(C)(C)C)c3O)c2)c1O.[Co+2]. The summed E-state index contributed by atoms with van der Waals surface area (Å²) in [5.74, 6) is -1.70. The number of hydrogen-bond donors (Lipinski definition) is 2. The normalized spacial score (nSPS) is 11.2. The summed E-state index contributed by atoms with van der Waals surface area (Å²) in [6, 6.07) is 36.0. The van der Waals surface area contributed by atoms with Crippen LogP contribution < -0.4 is 10.2 Å². The van der Waals surface area contributed by atoms with Gasteiger partial charge in [-0.05, 0) is 89.4 Å². The van der Waals surface area contributed by atoms with Crippen LogP contribution in [0, 0.1) is 0 Å². The molecule has 0 unspecified atom stereocenters. The maximum absolute atomic E-state index is 11.2. The number of aliphatic imine (C=N–C) groups is 2. The van der Waals surface area contributed by atoms with E-state index < -0.39 is 11.9 Å². The van der Waals surface area contributed by atoms with Crippen molar-refractivity contribution in [3.8, 4) is 33.8 Å². The molecule has 5 rings (SSSR count). The first-order valence-corrected chi connectivity index (χ1v) is 16.8. The number of carbonyl (C=O) groups excluding carboxylic acids is 2. The molecule has 0 spiro atoms. The second kappa shape index (κ2) is 19.4. The molecule has 0 saturated heterocycles. The largest absolute Gasteiger partial charge is 2.00 e. The second-order valence-electron chi connectivity index (χ2n) is 14.2. The van der Waals surface area contributed by atoms with Gasteiger partial charge in [0.25, 0.3) is 0 Å². The minimum atomic E-state index is -1.08. The Bertz CT molecular complexity index is 1890. The van der Waals surface area contributed by atoms with E-state index in [1.165, 1.54) is 0 Å². The van der Waals surface area contributed by atoms with Gasteiger partial charge in [0.15, 0.2) is 0 Å². The molecule has 0 bridgehead atoms. The molecule has 0 fully saturated rings. The molecule has 0 amide bonds. The summed E-state index contributed by atoms with van der Waals surface area (Å²) in [5.41, 5.74) is 8.18. The van der Waals surface area contributed by atoms with Gasteiger partial charge in [0.1, 0.15) is 11.5 Å². The number of carbonyl (C=O) groups is 2. The Hall–Kier alpha value is -5.51. The molecular weight excluding hydrogens is 711 g/mol. The fourth-order valence-electron chi connectivity index (χ4n) is 5.19. The summed E-state index contributed by atoms with van der Waals surface area (Å²) in [7, 11) is 0. The van der Waals surface area contributed by atoms with Gasteiger partial charge < -0.3 is 30.0 Å². The third-order valence-electron chi connectivity index (χ3n) is 7.64. The summed E-state index contributed by atoms with van der Waals surface area (Å²) in [4.78, 5) is 27.2. The van der Waals surface area contributed by atoms with Gasteiger partial charge in [-0.3, -0.25) is 9.98 Å². The van der Waals surface area contributed by atoms with Crippen LogP contribution in [0.5, 0.6) is 11.5 Å². The number of benzene rings is 5. The van der Waals surface area contributed by atoms with Gasteiger partial charge in [0.05, 0.1) is 11.4 Å². The molecule has 53 heavy (non-hydrogen) atoms. The Balaban J connectivity index is 0.000000982. The van der Waals surface area contributed by atoms with Crippen LogP contribution in [0.25, 0.3) is 22.3 Å². The van der Waals surface area contributed by atoms with Gasteiger partial charge in [0.2, 0.25) is 0 Å². The predicted octanol–water partition coefficient (Wildman–Crippen LogP) is 8.04. The first-order chi connectivity index (χ1) is 24.4. The van der Waals surface area contributed by atoms with Crippen molar-refractivity contribution in [2.75, 3.05) is 0 Å². The van der Waals surface area contributed by atoms with E-state index in [0.29, 0.717) is 22.5 Å². The molecule has 1 radical (unpaired) electrons. The molecule has 0 saturated carbocycles. The molecule has 0 aromatic heterocycles. The summed E-state index contributed by atoms with van der Waals surface area (Å²) in [6.45, 7) is 14.5. The van der Waals surface area contributed by atoms with Crippen LogP contribution in [0.3, 0.4) is 0 Å². The third kappa shape index (κ3) is 13.5. The summed E-state index contributed by atoms with van der Waals surface area (Å²) in [6.07, 6.45) is 3.43. The van der Waals surface area contributed by atoms with Crippen LogP contribution >= 0.6 is 0 Å². The number of aromatic hydroxyl groups is 2. The zero-order valence-electron chi connectivity index (χ0n) is 31.3. The molecule has 0 aliphatic carbocycles. The Morgan fingerprint density at radius 2 is 0.849 bits per heavy atom. The fraction of sp³-hybridized carbons (Fsp3) is 0.227. The van der Waals surface area contributed by atoms with Crippen LogP contribution in [0.2, 0.25) is 0 Å². The number of aliphatic carboxylic acids is 2. The van der Waals surface area contributed by atoms with Crippen molar-refractivity contribution < 1.29 is 46.8 Å². The van der Waals surface area contributed by atoms with E-state index in [9.17, 15) is 10.2 Å². The third-order valence-corrected chi connectivity index (χ3v) is 7.64. The van der Waals surface area contributed by atoms with Crippen molar-refractivity contribution in [2.24, 2.45) is 9.98 Å². The van der Waals surface area contributed by atoms with Crippen molar-refractivity contribution in [3.63, 3.8) is 0 Å². The van der Waals surface area contributed by atoms with Crippen LogP contribution in [0.15, 0.2) is 119 Å². The van der Waals surface area contributed by atoms with E-state index in [1.807, 2.05) is 72.8 Å². The predicted molar refractivity (Wildman–Crippen MR) is 207 cm³/mol. The maximum Gasteiger partial charge on any atom is 2.00 e. The molecule has 0 aliphatic heterocycles. The van der Waals surface area contributed by atoms with Gasteiger partial charge in [-0.25, -0.2) is 0 Å². The van der Waals surface area contributed by atoms with Gasteiger partial charge >= 0.3 is 16.8 Å². The minimum absolute atomic E-state index is 0. The molecule has 9 heteroatoms. The Labute approximate surface area is 322 Å². The van der Waals surface area contributed by atoms with E-state index in [4.69, 9.17) is 29.8 Å². The van der Waals surface area contributed by atoms with Crippen LogP contribution in [-0.2, 0) is 37.2 Å². The number of rotatable bonds is 6. The summed E-state index contributed by atoms with van der Waals surface area (Å²) in [5, 5.41) is 40.2. The monoisotopic (exact) mass is 757 g/mol. The van der Waals surface area contributed by atoms with Crippen molar-refractivity contribution in [2.45, 2.75) is 66.2 Å². The standard InChI is InChI=1S/C40H40N2O2.2C2H4O2.Co/c1-39(2,3)35-22-29(27-14-9-7-10-15-27)20-31(37(35)43)25-41-33-18-13-19-34(24-33)42-26-32-21-30(28-16-11-8-12-17-28)23-36(38(32)44)40(4,5)6;2*1-2(3)4;/h7-26,43-44H,1-6H3;2*1H3,(H,3,4);/q;;;+2/p-2. The van der Waals surface area contributed by atoms with Crippen LogP contribution in [-0.4, -0.2) is 34.6 Å². The van der Waals surface area contributed by atoms with Crippen molar-refractivity contribution in [1.82, 2.24) is 0 Å². The Morgan fingerprint density at radius 3 is 1.15 bits per heavy atom. The van der Waals surface area contributed by atoms with E-state index in [0.717, 1.165) is 47.2 Å². The number of phenols is 2. The molecule has 2 N–H and O–H groups in total. The van der Waals surface area contributed by atoms with E-state index in [1.54, 1.807) is 12.4 Å². The van der Waals surface area contributed by atoms with Crippen LogP contribution in [0.1, 0.15) is 77.6 Å². The fourth-order valence-corrected chi connectivity index (χ4v) is 5.19. The molecule has 5 aromatic carbocycles. The zero-order valence-corrected chi connectivity index (χ0v) is 32.3. The van der Waals surface area contributed by atoms with Gasteiger partial charge in [-0.1, -0.05) is 108 Å². The molecule has 8 nitrogen and oxygen atoms in total. The maximum atomic E-state index is 11.2. The molecule has 0 atom stereocenters. The van der Waals surface area contributed by atoms with Crippen molar-refractivity contribution >= 4 is 35.7 Å². The first-order valence-electron chi connectivity index (χ1n) is 16.8. The molecular formula is C44H46CoN2O6. The number of phenolic OH excluding ortho intramolecular Hbond substituents is 2. The van der Waals surface area contributed by atoms with Crippen LogP contribution in [0.4, 0.5) is 11.4 Å². The van der Waals surface area contributed by atoms with Crippen molar-refractivity contribution in [1.29, 1.82) is 0 Å². The quantitative estimate of drug-likeness (QED) is 0.168. The topological polar surface area (TPSA) is 145 Å². The second-order valence-corrected chi connectivity index (χ2v) is 14.2. The van der Waals surface area contributed by atoms with Gasteiger partial charge in [-0.15, -0.1) is 0 Å². The number of carboxylic acids is 2. The van der Waals surface area contributed by atoms with E-state index >= 15 is 0 Å². The number of carboxylic acid groups (broad SMARTS) is 2. The van der Waals surface area contributed by atoms with Gasteiger partial charge in [0, 0.05) is 46.6 Å². The molecule has 0 heterocycles. The van der Waals surface area contributed by atoms with E-state index in [2.05, 4.69) is 77.9 Å². The summed E-state index contributed by atoms with van der Waals surface area (Å²) >= 11 is 0. The van der Waals surface area contributed by atoms with Gasteiger partial charge in [-0.2, -0.15) is 0 Å². The molecule has 0 aliphatic rings. The Kier molecular flexibility index (Phi) is 15.9. The molecule has 277 valence electrons. The molecule has 5 aromatic rings. The number of hydrogen-bond acceptors (Lipinski definition) is 8. The smallest absolute Gasteiger partial charge is 0.550 e. The average molecular weight is 758 g/mol. The minimum Gasteiger partial charge on any atom is -0.550 e. The Morgan fingerprint density at radius 1 is 0.528 bits per heavy atom. The van der Waals surface area contributed by atoms with E-state index in [-0.39, 0.29) is 39.1 Å². The summed E-state index contributed by atoms with van der Waals surface area (Å²) < 4.78 is 0. The number of nitrogens with zero attached hydrogens (tertiary/aromatic N) is 2. The average Bonchev–Trinajstić information content (AvgIpc) is 3.07. The zero-order chi connectivity index (χ0) is 38.6. The van der Waals surface area contributed by atoms with Crippen molar-refractivity contribution in [3.05, 3.63) is 131 Å².